The monoisotopic (exact) mass is 261 g/mol. The van der Waals surface area contributed by atoms with Gasteiger partial charge in [-0.1, -0.05) is 30.7 Å². The molecule has 0 fully saturated rings. The Hall–Kier alpha value is -1.74. The minimum atomic E-state index is 0.706. The van der Waals surface area contributed by atoms with Crippen molar-refractivity contribution in [3.63, 3.8) is 0 Å². The van der Waals surface area contributed by atoms with Gasteiger partial charge < -0.3 is 10.6 Å². The van der Waals surface area contributed by atoms with E-state index in [-0.39, 0.29) is 0 Å². The number of pyridine rings is 1. The van der Waals surface area contributed by atoms with Crippen molar-refractivity contribution >= 4 is 28.8 Å². The number of rotatable bonds is 5. The molecule has 0 atom stereocenters. The van der Waals surface area contributed by atoms with Gasteiger partial charge in [0.1, 0.15) is 5.82 Å². The molecule has 1 aromatic heterocycles. The van der Waals surface area contributed by atoms with Gasteiger partial charge in [0.15, 0.2) is 0 Å². The van der Waals surface area contributed by atoms with E-state index < -0.39 is 0 Å². The molecule has 94 valence electrons. The van der Waals surface area contributed by atoms with Gasteiger partial charge >= 0.3 is 0 Å². The number of halogens is 1. The molecular weight excluding hydrogens is 246 g/mol. The molecule has 2 aromatic rings. The first-order valence-electron chi connectivity index (χ1n) is 6.01. The summed E-state index contributed by atoms with van der Waals surface area (Å²) >= 11 is 6.10. The fourth-order valence-electron chi connectivity index (χ4n) is 1.58. The summed E-state index contributed by atoms with van der Waals surface area (Å²) in [5.41, 5.74) is 1.86. The summed E-state index contributed by atoms with van der Waals surface area (Å²) in [5, 5.41) is 7.23. The number of nitrogens with zero attached hydrogens (tertiary/aromatic N) is 1. The van der Waals surface area contributed by atoms with Crippen LogP contribution >= 0.6 is 11.6 Å². The SMILES string of the molecule is CCCNc1cc(Nc2ccccc2Cl)ccn1. The van der Waals surface area contributed by atoms with Gasteiger partial charge in [-0.15, -0.1) is 0 Å². The third kappa shape index (κ3) is 3.37. The van der Waals surface area contributed by atoms with Crippen LogP contribution in [-0.2, 0) is 0 Å². The molecule has 1 aromatic carbocycles. The maximum atomic E-state index is 6.10. The number of hydrogen-bond donors (Lipinski definition) is 2. The second kappa shape index (κ2) is 6.26. The first-order valence-corrected chi connectivity index (χ1v) is 6.39. The van der Waals surface area contributed by atoms with Crippen LogP contribution in [-0.4, -0.2) is 11.5 Å². The molecule has 4 heteroatoms. The topological polar surface area (TPSA) is 37.0 Å². The summed E-state index contributed by atoms with van der Waals surface area (Å²) in [7, 11) is 0. The molecule has 0 unspecified atom stereocenters. The quantitative estimate of drug-likeness (QED) is 0.843. The lowest BCUT2D eigenvalue weighted by Gasteiger charge is -2.10. The van der Waals surface area contributed by atoms with Crippen molar-refractivity contribution in [3.8, 4) is 0 Å². The maximum Gasteiger partial charge on any atom is 0.127 e. The minimum absolute atomic E-state index is 0.706. The van der Waals surface area contributed by atoms with Crippen LogP contribution in [0.5, 0.6) is 0 Å². The summed E-state index contributed by atoms with van der Waals surface area (Å²) in [6, 6.07) is 11.6. The van der Waals surface area contributed by atoms with Gasteiger partial charge in [-0.2, -0.15) is 0 Å². The number of nitrogens with one attached hydrogen (secondary N) is 2. The van der Waals surface area contributed by atoms with E-state index >= 15 is 0 Å². The smallest absolute Gasteiger partial charge is 0.127 e. The number of anilines is 3. The zero-order valence-electron chi connectivity index (χ0n) is 10.3. The highest BCUT2D eigenvalue weighted by molar-refractivity contribution is 6.33. The van der Waals surface area contributed by atoms with Crippen LogP contribution in [0.2, 0.25) is 5.02 Å². The maximum absolute atomic E-state index is 6.10. The Bertz CT molecular complexity index is 514. The van der Waals surface area contributed by atoms with Crippen molar-refractivity contribution in [3.05, 3.63) is 47.6 Å². The molecule has 0 saturated heterocycles. The highest BCUT2D eigenvalue weighted by Gasteiger charge is 2.00. The summed E-state index contributed by atoms with van der Waals surface area (Å²) in [4.78, 5) is 4.26. The van der Waals surface area contributed by atoms with Gasteiger partial charge in [-0.25, -0.2) is 4.98 Å². The average molecular weight is 262 g/mol. The van der Waals surface area contributed by atoms with Crippen molar-refractivity contribution in [1.82, 2.24) is 4.98 Å². The Morgan fingerprint density at radius 3 is 2.83 bits per heavy atom. The molecule has 0 bridgehead atoms. The zero-order chi connectivity index (χ0) is 12.8. The molecule has 0 radical (unpaired) electrons. The number of hydrogen-bond acceptors (Lipinski definition) is 3. The molecule has 0 amide bonds. The predicted octanol–water partition coefficient (Wildman–Crippen LogP) is 4.30. The first-order chi connectivity index (χ1) is 8.79. The Labute approximate surface area is 112 Å². The largest absolute Gasteiger partial charge is 0.370 e. The molecule has 0 aliphatic rings. The lowest BCUT2D eigenvalue weighted by atomic mass is 10.3. The number of benzene rings is 1. The fraction of sp³-hybridized carbons (Fsp3) is 0.214. The zero-order valence-corrected chi connectivity index (χ0v) is 11.0. The lowest BCUT2D eigenvalue weighted by Crippen LogP contribution is -2.02. The van der Waals surface area contributed by atoms with Crippen molar-refractivity contribution in [2.75, 3.05) is 17.2 Å². The molecular formula is C14H16ClN3. The summed E-state index contributed by atoms with van der Waals surface area (Å²) in [6.45, 7) is 3.04. The molecule has 3 nitrogen and oxygen atoms in total. The Morgan fingerprint density at radius 2 is 2.06 bits per heavy atom. The lowest BCUT2D eigenvalue weighted by molar-refractivity contribution is 0.969. The van der Waals surface area contributed by atoms with Gasteiger partial charge in [-0.3, -0.25) is 0 Å². The van der Waals surface area contributed by atoms with E-state index in [0.29, 0.717) is 5.02 Å². The normalized spacial score (nSPS) is 10.1. The molecule has 0 spiro atoms. The number of aromatic nitrogens is 1. The van der Waals surface area contributed by atoms with Crippen LogP contribution in [0.4, 0.5) is 17.2 Å². The van der Waals surface area contributed by atoms with E-state index in [1.54, 1.807) is 6.20 Å². The summed E-state index contributed by atoms with van der Waals surface area (Å²) < 4.78 is 0. The number of para-hydroxylation sites is 1. The first kappa shape index (κ1) is 12.7. The van der Waals surface area contributed by atoms with Gasteiger partial charge in [0.05, 0.1) is 10.7 Å². The van der Waals surface area contributed by atoms with Gasteiger partial charge in [0.2, 0.25) is 0 Å². The van der Waals surface area contributed by atoms with E-state index in [1.807, 2.05) is 36.4 Å². The van der Waals surface area contributed by atoms with Crippen molar-refractivity contribution in [1.29, 1.82) is 0 Å². The van der Waals surface area contributed by atoms with Crippen LogP contribution in [0.3, 0.4) is 0 Å². The molecule has 0 saturated carbocycles. The van der Waals surface area contributed by atoms with Crippen LogP contribution < -0.4 is 10.6 Å². The highest BCUT2D eigenvalue weighted by Crippen LogP contribution is 2.25. The van der Waals surface area contributed by atoms with Gasteiger partial charge in [-0.05, 0) is 24.6 Å². The Kier molecular flexibility index (Phi) is 4.42. The Balaban J connectivity index is 2.12. The predicted molar refractivity (Wildman–Crippen MR) is 77.8 cm³/mol. The molecule has 0 aliphatic carbocycles. The van der Waals surface area contributed by atoms with E-state index in [0.717, 1.165) is 30.2 Å². The highest BCUT2D eigenvalue weighted by atomic mass is 35.5. The second-order valence-corrected chi connectivity index (χ2v) is 4.37. The van der Waals surface area contributed by atoms with Gasteiger partial charge in [0.25, 0.3) is 0 Å². The summed E-state index contributed by atoms with van der Waals surface area (Å²) in [6.07, 6.45) is 2.85. The van der Waals surface area contributed by atoms with E-state index in [4.69, 9.17) is 11.6 Å². The summed E-state index contributed by atoms with van der Waals surface area (Å²) in [5.74, 6) is 0.869. The molecule has 2 rings (SSSR count). The van der Waals surface area contributed by atoms with Crippen molar-refractivity contribution < 1.29 is 0 Å². The van der Waals surface area contributed by atoms with Crippen LogP contribution in [0.1, 0.15) is 13.3 Å². The van der Waals surface area contributed by atoms with E-state index in [9.17, 15) is 0 Å². The molecule has 1 heterocycles. The fourth-order valence-corrected chi connectivity index (χ4v) is 1.76. The standard InChI is InChI=1S/C14H16ClN3/c1-2-8-16-14-10-11(7-9-17-14)18-13-6-4-3-5-12(13)15/h3-7,9-10H,2,8H2,1H3,(H2,16,17,18). The van der Waals surface area contributed by atoms with Crippen LogP contribution in [0.15, 0.2) is 42.6 Å². The van der Waals surface area contributed by atoms with Crippen molar-refractivity contribution in [2.24, 2.45) is 0 Å². The van der Waals surface area contributed by atoms with Crippen LogP contribution in [0.25, 0.3) is 0 Å². The molecule has 0 aliphatic heterocycles. The molecule has 18 heavy (non-hydrogen) atoms. The van der Waals surface area contributed by atoms with Crippen LogP contribution in [0, 0.1) is 0 Å². The van der Waals surface area contributed by atoms with E-state index in [2.05, 4.69) is 22.5 Å². The molecule has 2 N–H and O–H groups in total. The van der Waals surface area contributed by atoms with Crippen molar-refractivity contribution in [2.45, 2.75) is 13.3 Å². The third-order valence-corrected chi connectivity index (χ3v) is 2.80. The average Bonchev–Trinajstić information content (AvgIpc) is 2.40. The van der Waals surface area contributed by atoms with Gasteiger partial charge in [0, 0.05) is 24.5 Å². The third-order valence-electron chi connectivity index (χ3n) is 2.47. The van der Waals surface area contributed by atoms with E-state index in [1.165, 1.54) is 0 Å². The minimum Gasteiger partial charge on any atom is -0.370 e. The Morgan fingerprint density at radius 1 is 1.22 bits per heavy atom. The second-order valence-electron chi connectivity index (χ2n) is 3.96.